The minimum absolute atomic E-state index is 0.565. The molecule has 0 spiro atoms. The largest absolute Gasteiger partial charge is 0.496 e. The predicted octanol–water partition coefficient (Wildman–Crippen LogP) is 2.45. The summed E-state index contributed by atoms with van der Waals surface area (Å²) in [6.45, 7) is 5.44. The number of fused-ring (bicyclic) bond motifs is 1. The fourth-order valence-electron chi connectivity index (χ4n) is 2.01. The van der Waals surface area contributed by atoms with Crippen LogP contribution in [0.3, 0.4) is 0 Å². The van der Waals surface area contributed by atoms with E-state index in [1.54, 1.807) is 13.3 Å². The van der Waals surface area contributed by atoms with Gasteiger partial charge in [-0.25, -0.2) is 4.98 Å². The predicted molar refractivity (Wildman–Crippen MR) is 74.1 cm³/mol. The molecule has 4 nitrogen and oxygen atoms in total. The standard InChI is InChI=1S/C14H21N3O/c1-10(2)17(3)8-6-11-9-16-14-13(11)12(18-4)5-7-15-14/h5,7,9-10H,6,8H2,1-4H3,(H,15,16). The van der Waals surface area contributed by atoms with Crippen LogP contribution in [-0.2, 0) is 6.42 Å². The number of ether oxygens (including phenoxy) is 1. The average Bonchev–Trinajstić information content (AvgIpc) is 2.78. The Hall–Kier alpha value is -1.55. The van der Waals surface area contributed by atoms with Gasteiger partial charge >= 0.3 is 0 Å². The minimum Gasteiger partial charge on any atom is -0.496 e. The highest BCUT2D eigenvalue weighted by Crippen LogP contribution is 2.27. The zero-order chi connectivity index (χ0) is 13.1. The molecule has 2 heterocycles. The first-order chi connectivity index (χ1) is 8.63. The van der Waals surface area contributed by atoms with E-state index in [0.29, 0.717) is 6.04 Å². The first kappa shape index (κ1) is 12.9. The Morgan fingerprint density at radius 2 is 2.22 bits per heavy atom. The number of H-pyrrole nitrogens is 1. The molecular weight excluding hydrogens is 226 g/mol. The SMILES string of the molecule is COc1ccnc2[nH]cc(CCN(C)C(C)C)c12. The number of nitrogens with zero attached hydrogens (tertiary/aromatic N) is 2. The van der Waals surface area contributed by atoms with Crippen molar-refractivity contribution in [2.45, 2.75) is 26.3 Å². The van der Waals surface area contributed by atoms with E-state index in [4.69, 9.17) is 4.74 Å². The second-order valence-corrected chi connectivity index (χ2v) is 4.88. The second-order valence-electron chi connectivity index (χ2n) is 4.88. The van der Waals surface area contributed by atoms with Crippen LogP contribution < -0.4 is 4.74 Å². The van der Waals surface area contributed by atoms with Crippen molar-refractivity contribution in [1.29, 1.82) is 0 Å². The van der Waals surface area contributed by atoms with E-state index in [0.717, 1.165) is 29.7 Å². The van der Waals surface area contributed by atoms with E-state index in [2.05, 4.69) is 35.8 Å². The van der Waals surface area contributed by atoms with Crippen LogP contribution >= 0.6 is 0 Å². The van der Waals surface area contributed by atoms with Crippen molar-refractivity contribution in [1.82, 2.24) is 14.9 Å². The maximum Gasteiger partial charge on any atom is 0.141 e. The van der Waals surface area contributed by atoms with Gasteiger partial charge in [-0.2, -0.15) is 0 Å². The summed E-state index contributed by atoms with van der Waals surface area (Å²) >= 11 is 0. The number of hydrogen-bond donors (Lipinski definition) is 1. The Bertz CT molecular complexity index is 519. The van der Waals surface area contributed by atoms with E-state index in [9.17, 15) is 0 Å². The van der Waals surface area contributed by atoms with E-state index in [-0.39, 0.29) is 0 Å². The first-order valence-electron chi connectivity index (χ1n) is 6.32. The molecule has 2 aromatic rings. The molecule has 0 saturated heterocycles. The summed E-state index contributed by atoms with van der Waals surface area (Å²) in [7, 11) is 3.85. The maximum atomic E-state index is 5.41. The van der Waals surface area contributed by atoms with Crippen LogP contribution in [0.1, 0.15) is 19.4 Å². The van der Waals surface area contributed by atoms with Crippen molar-refractivity contribution in [3.05, 3.63) is 24.0 Å². The molecule has 0 unspecified atom stereocenters. The van der Waals surface area contributed by atoms with Crippen LogP contribution in [-0.4, -0.2) is 41.6 Å². The molecule has 2 rings (SSSR count). The Kier molecular flexibility index (Phi) is 3.87. The molecule has 0 fully saturated rings. The molecule has 0 saturated carbocycles. The van der Waals surface area contributed by atoms with Crippen LogP contribution in [0.25, 0.3) is 11.0 Å². The maximum absolute atomic E-state index is 5.41. The number of hydrogen-bond acceptors (Lipinski definition) is 3. The molecule has 2 aromatic heterocycles. The number of pyridine rings is 1. The number of nitrogens with one attached hydrogen (secondary N) is 1. The lowest BCUT2D eigenvalue weighted by molar-refractivity contribution is 0.277. The number of rotatable bonds is 5. The Morgan fingerprint density at radius 3 is 2.89 bits per heavy atom. The van der Waals surface area contributed by atoms with Gasteiger partial charge in [0.2, 0.25) is 0 Å². The summed E-state index contributed by atoms with van der Waals surface area (Å²) < 4.78 is 5.41. The van der Waals surface area contributed by atoms with E-state index in [1.807, 2.05) is 12.3 Å². The Morgan fingerprint density at radius 1 is 1.44 bits per heavy atom. The summed E-state index contributed by atoms with van der Waals surface area (Å²) in [5.41, 5.74) is 2.17. The second kappa shape index (κ2) is 5.40. The highest BCUT2D eigenvalue weighted by Gasteiger charge is 2.11. The molecule has 0 atom stereocenters. The van der Waals surface area contributed by atoms with E-state index >= 15 is 0 Å². The molecule has 0 radical (unpaired) electrons. The molecule has 0 aliphatic heterocycles. The number of aromatic amines is 1. The zero-order valence-electron chi connectivity index (χ0n) is 11.5. The fourth-order valence-corrected chi connectivity index (χ4v) is 2.01. The van der Waals surface area contributed by atoms with Crippen LogP contribution in [0.5, 0.6) is 5.75 Å². The molecule has 0 bridgehead atoms. The minimum atomic E-state index is 0.565. The van der Waals surface area contributed by atoms with Crippen molar-refractivity contribution >= 4 is 11.0 Å². The molecule has 1 N–H and O–H groups in total. The van der Waals surface area contributed by atoms with Gasteiger partial charge in [-0.05, 0) is 38.9 Å². The van der Waals surface area contributed by atoms with Crippen LogP contribution in [0.15, 0.2) is 18.5 Å². The van der Waals surface area contributed by atoms with Gasteiger partial charge in [0, 0.05) is 25.0 Å². The third-order valence-electron chi connectivity index (χ3n) is 3.45. The van der Waals surface area contributed by atoms with Gasteiger partial charge in [0.1, 0.15) is 11.4 Å². The van der Waals surface area contributed by atoms with Gasteiger partial charge in [0.05, 0.1) is 12.5 Å². The zero-order valence-corrected chi connectivity index (χ0v) is 11.5. The monoisotopic (exact) mass is 247 g/mol. The van der Waals surface area contributed by atoms with Crippen molar-refractivity contribution in [3.63, 3.8) is 0 Å². The van der Waals surface area contributed by atoms with E-state index in [1.165, 1.54) is 5.56 Å². The molecule has 0 aliphatic rings. The number of aromatic nitrogens is 2. The molecule has 4 heteroatoms. The molecule has 18 heavy (non-hydrogen) atoms. The van der Waals surface area contributed by atoms with Gasteiger partial charge in [0.25, 0.3) is 0 Å². The van der Waals surface area contributed by atoms with Gasteiger partial charge in [-0.1, -0.05) is 0 Å². The summed E-state index contributed by atoms with van der Waals surface area (Å²) in [5.74, 6) is 0.892. The van der Waals surface area contributed by atoms with Crippen LogP contribution in [0.4, 0.5) is 0 Å². The average molecular weight is 247 g/mol. The summed E-state index contributed by atoms with van der Waals surface area (Å²) in [5, 5.41) is 1.11. The first-order valence-corrected chi connectivity index (χ1v) is 6.32. The molecule has 0 amide bonds. The van der Waals surface area contributed by atoms with Crippen LogP contribution in [0.2, 0.25) is 0 Å². The van der Waals surface area contributed by atoms with Gasteiger partial charge < -0.3 is 14.6 Å². The molecule has 98 valence electrons. The number of likely N-dealkylation sites (N-methyl/N-ethyl adjacent to an activating group) is 1. The molecule has 0 aromatic carbocycles. The lowest BCUT2D eigenvalue weighted by Crippen LogP contribution is -2.28. The topological polar surface area (TPSA) is 41.1 Å². The highest BCUT2D eigenvalue weighted by atomic mass is 16.5. The van der Waals surface area contributed by atoms with Gasteiger partial charge in [-0.3, -0.25) is 0 Å². The van der Waals surface area contributed by atoms with Crippen LogP contribution in [0, 0.1) is 0 Å². The summed E-state index contributed by atoms with van der Waals surface area (Å²) in [6.07, 6.45) is 4.80. The van der Waals surface area contributed by atoms with Crippen molar-refractivity contribution in [2.24, 2.45) is 0 Å². The number of methoxy groups -OCH3 is 1. The van der Waals surface area contributed by atoms with Crippen molar-refractivity contribution in [2.75, 3.05) is 20.7 Å². The smallest absolute Gasteiger partial charge is 0.141 e. The van der Waals surface area contributed by atoms with Crippen molar-refractivity contribution in [3.8, 4) is 5.75 Å². The quantitative estimate of drug-likeness (QED) is 0.882. The third kappa shape index (κ3) is 2.48. The van der Waals surface area contributed by atoms with Crippen molar-refractivity contribution < 1.29 is 4.74 Å². The van der Waals surface area contributed by atoms with Gasteiger partial charge in [0.15, 0.2) is 0 Å². The Balaban J connectivity index is 2.23. The fraction of sp³-hybridized carbons (Fsp3) is 0.500. The Labute approximate surface area is 108 Å². The van der Waals surface area contributed by atoms with E-state index < -0.39 is 0 Å². The third-order valence-corrected chi connectivity index (χ3v) is 3.45. The van der Waals surface area contributed by atoms with Gasteiger partial charge in [-0.15, -0.1) is 0 Å². The normalized spacial score (nSPS) is 11.7. The lowest BCUT2D eigenvalue weighted by atomic mass is 10.1. The molecule has 0 aliphatic carbocycles. The lowest BCUT2D eigenvalue weighted by Gasteiger charge is -2.20. The molecular formula is C14H21N3O. The highest BCUT2D eigenvalue weighted by molar-refractivity contribution is 5.86. The summed E-state index contributed by atoms with van der Waals surface area (Å²) in [4.78, 5) is 9.86. The summed E-state index contributed by atoms with van der Waals surface area (Å²) in [6, 6.07) is 2.47.